The molecule has 3 rings (SSSR count). The number of anilines is 2. The molecule has 0 spiro atoms. The van der Waals surface area contributed by atoms with Gasteiger partial charge >= 0.3 is 0 Å². The molecular formula is C21H18FN3O4. The predicted octanol–water partition coefficient (Wildman–Crippen LogP) is 3.74. The molecular weight excluding hydrogens is 377 g/mol. The van der Waals surface area contributed by atoms with Crippen LogP contribution in [0.4, 0.5) is 15.8 Å². The number of aromatic nitrogens is 1. The van der Waals surface area contributed by atoms with Gasteiger partial charge in [0, 0.05) is 17.8 Å². The Balaban J connectivity index is 1.78. The Labute approximate surface area is 166 Å². The van der Waals surface area contributed by atoms with E-state index in [0.717, 1.165) is 0 Å². The Hall–Kier alpha value is -3.94. The van der Waals surface area contributed by atoms with Crippen LogP contribution >= 0.6 is 0 Å². The van der Waals surface area contributed by atoms with Gasteiger partial charge in [0.05, 0.1) is 25.6 Å². The number of halogens is 1. The number of amides is 2. The predicted molar refractivity (Wildman–Crippen MR) is 106 cm³/mol. The summed E-state index contributed by atoms with van der Waals surface area (Å²) in [6, 6.07) is 13.5. The van der Waals surface area contributed by atoms with Crippen molar-refractivity contribution in [2.45, 2.75) is 0 Å². The molecule has 3 aromatic rings. The van der Waals surface area contributed by atoms with Crippen molar-refractivity contribution >= 4 is 23.2 Å². The van der Waals surface area contributed by atoms with Crippen molar-refractivity contribution in [3.05, 3.63) is 77.9 Å². The van der Waals surface area contributed by atoms with E-state index < -0.39 is 17.6 Å². The third-order valence-corrected chi connectivity index (χ3v) is 4.03. The quantitative estimate of drug-likeness (QED) is 0.664. The maximum atomic E-state index is 13.7. The molecule has 0 aliphatic rings. The standard InChI is InChI=1S/C21H18FN3O4/c1-28-14-7-8-17(19(12-14)29-2)25-20(26)13-9-10-23-18(11-13)21(27)24-16-6-4-3-5-15(16)22/h3-12H,1-2H3,(H,24,27)(H,25,26). The van der Waals surface area contributed by atoms with E-state index in [-0.39, 0.29) is 16.9 Å². The monoisotopic (exact) mass is 395 g/mol. The van der Waals surface area contributed by atoms with Gasteiger partial charge in [-0.3, -0.25) is 14.6 Å². The zero-order valence-corrected chi connectivity index (χ0v) is 15.7. The van der Waals surface area contributed by atoms with Crippen LogP contribution in [-0.4, -0.2) is 31.0 Å². The average Bonchev–Trinajstić information content (AvgIpc) is 2.75. The number of ether oxygens (including phenoxy) is 2. The summed E-state index contributed by atoms with van der Waals surface area (Å²) >= 11 is 0. The number of benzene rings is 2. The van der Waals surface area contributed by atoms with Gasteiger partial charge in [-0.15, -0.1) is 0 Å². The van der Waals surface area contributed by atoms with E-state index in [1.54, 1.807) is 24.3 Å². The molecule has 0 unspecified atom stereocenters. The van der Waals surface area contributed by atoms with Gasteiger partial charge in [0.1, 0.15) is 23.0 Å². The van der Waals surface area contributed by atoms with E-state index in [4.69, 9.17) is 9.47 Å². The number of carbonyl (C=O) groups is 2. The summed E-state index contributed by atoms with van der Waals surface area (Å²) in [5, 5.41) is 5.15. The topological polar surface area (TPSA) is 89.5 Å². The van der Waals surface area contributed by atoms with Crippen molar-refractivity contribution in [2.75, 3.05) is 24.9 Å². The zero-order chi connectivity index (χ0) is 20.8. The summed E-state index contributed by atoms with van der Waals surface area (Å²) in [6.07, 6.45) is 1.33. The summed E-state index contributed by atoms with van der Waals surface area (Å²) in [6.45, 7) is 0. The number of nitrogens with one attached hydrogen (secondary N) is 2. The molecule has 0 aliphatic carbocycles. The second kappa shape index (κ2) is 8.83. The Morgan fingerprint density at radius 1 is 0.897 bits per heavy atom. The Bertz CT molecular complexity index is 1060. The fourth-order valence-electron chi connectivity index (χ4n) is 2.54. The van der Waals surface area contributed by atoms with Crippen molar-refractivity contribution in [1.82, 2.24) is 4.98 Å². The average molecular weight is 395 g/mol. The van der Waals surface area contributed by atoms with Crippen LogP contribution in [0.1, 0.15) is 20.8 Å². The third kappa shape index (κ3) is 4.67. The van der Waals surface area contributed by atoms with Crippen LogP contribution in [0.2, 0.25) is 0 Å². The second-order valence-electron chi connectivity index (χ2n) is 5.88. The first kappa shape index (κ1) is 19.8. The fourth-order valence-corrected chi connectivity index (χ4v) is 2.54. The molecule has 0 radical (unpaired) electrons. The largest absolute Gasteiger partial charge is 0.497 e. The summed E-state index contributed by atoms with van der Waals surface area (Å²) in [4.78, 5) is 28.9. The SMILES string of the molecule is COc1ccc(NC(=O)c2ccnc(C(=O)Nc3ccccc3F)c2)c(OC)c1. The molecule has 0 saturated carbocycles. The highest BCUT2D eigenvalue weighted by Gasteiger charge is 2.15. The van der Waals surface area contributed by atoms with Gasteiger partial charge < -0.3 is 20.1 Å². The van der Waals surface area contributed by atoms with Crippen LogP contribution in [0.25, 0.3) is 0 Å². The maximum absolute atomic E-state index is 13.7. The molecule has 7 nitrogen and oxygen atoms in total. The highest BCUT2D eigenvalue weighted by atomic mass is 19.1. The molecule has 1 heterocycles. The molecule has 0 fully saturated rings. The molecule has 148 valence electrons. The molecule has 29 heavy (non-hydrogen) atoms. The van der Waals surface area contributed by atoms with E-state index in [9.17, 15) is 14.0 Å². The van der Waals surface area contributed by atoms with Crippen LogP contribution in [0.15, 0.2) is 60.8 Å². The van der Waals surface area contributed by atoms with Gasteiger partial charge in [-0.05, 0) is 36.4 Å². The highest BCUT2D eigenvalue weighted by Crippen LogP contribution is 2.29. The smallest absolute Gasteiger partial charge is 0.274 e. The van der Waals surface area contributed by atoms with E-state index in [0.29, 0.717) is 17.2 Å². The number of methoxy groups -OCH3 is 2. The lowest BCUT2D eigenvalue weighted by Gasteiger charge is -2.12. The van der Waals surface area contributed by atoms with Crippen LogP contribution in [0.3, 0.4) is 0 Å². The van der Waals surface area contributed by atoms with Gasteiger partial charge in [-0.2, -0.15) is 0 Å². The van der Waals surface area contributed by atoms with Crippen molar-refractivity contribution in [2.24, 2.45) is 0 Å². The van der Waals surface area contributed by atoms with Crippen LogP contribution in [-0.2, 0) is 0 Å². The number of pyridine rings is 1. The lowest BCUT2D eigenvalue weighted by molar-refractivity contribution is 0.102. The van der Waals surface area contributed by atoms with Gasteiger partial charge in [0.25, 0.3) is 11.8 Å². The molecule has 0 atom stereocenters. The van der Waals surface area contributed by atoms with E-state index >= 15 is 0 Å². The third-order valence-electron chi connectivity index (χ3n) is 4.03. The minimum atomic E-state index is -0.633. The van der Waals surface area contributed by atoms with E-state index in [2.05, 4.69) is 15.6 Å². The highest BCUT2D eigenvalue weighted by molar-refractivity contribution is 6.08. The minimum Gasteiger partial charge on any atom is -0.497 e. The van der Waals surface area contributed by atoms with Crippen LogP contribution in [0, 0.1) is 5.82 Å². The van der Waals surface area contributed by atoms with Crippen LogP contribution in [0.5, 0.6) is 11.5 Å². The van der Waals surface area contributed by atoms with Gasteiger partial charge in [0.2, 0.25) is 0 Å². The van der Waals surface area contributed by atoms with Crippen molar-refractivity contribution < 1.29 is 23.5 Å². The van der Waals surface area contributed by atoms with Gasteiger partial charge in [-0.1, -0.05) is 12.1 Å². The number of para-hydroxylation sites is 1. The summed E-state index contributed by atoms with van der Waals surface area (Å²) < 4.78 is 24.1. The minimum absolute atomic E-state index is 0.0251. The summed E-state index contributed by atoms with van der Waals surface area (Å²) in [5.74, 6) is -0.663. The first-order valence-electron chi connectivity index (χ1n) is 8.57. The van der Waals surface area contributed by atoms with Crippen molar-refractivity contribution in [1.29, 1.82) is 0 Å². The molecule has 8 heteroatoms. The summed E-state index contributed by atoms with van der Waals surface area (Å²) in [5.41, 5.74) is 0.642. The lowest BCUT2D eigenvalue weighted by Crippen LogP contribution is -2.17. The molecule has 0 saturated heterocycles. The zero-order valence-electron chi connectivity index (χ0n) is 15.7. The number of carbonyl (C=O) groups excluding carboxylic acids is 2. The number of nitrogens with zero attached hydrogens (tertiary/aromatic N) is 1. The molecule has 2 N–H and O–H groups in total. The fraction of sp³-hybridized carbons (Fsp3) is 0.0952. The molecule has 0 aliphatic heterocycles. The summed E-state index contributed by atoms with van der Waals surface area (Å²) in [7, 11) is 3.00. The number of rotatable bonds is 6. The van der Waals surface area contributed by atoms with Gasteiger partial charge in [-0.25, -0.2) is 4.39 Å². The molecule has 2 amide bonds. The first-order chi connectivity index (χ1) is 14.0. The van der Waals surface area contributed by atoms with E-state index in [1.807, 2.05) is 0 Å². The van der Waals surface area contributed by atoms with Crippen molar-refractivity contribution in [3.8, 4) is 11.5 Å². The molecule has 2 aromatic carbocycles. The number of hydrogen-bond donors (Lipinski definition) is 2. The molecule has 0 bridgehead atoms. The second-order valence-corrected chi connectivity index (χ2v) is 5.88. The maximum Gasteiger partial charge on any atom is 0.274 e. The van der Waals surface area contributed by atoms with Crippen LogP contribution < -0.4 is 20.1 Å². The number of hydrogen-bond acceptors (Lipinski definition) is 5. The van der Waals surface area contributed by atoms with Crippen molar-refractivity contribution in [3.63, 3.8) is 0 Å². The molecule has 1 aromatic heterocycles. The Kier molecular flexibility index (Phi) is 6.03. The Morgan fingerprint density at radius 2 is 1.66 bits per heavy atom. The Morgan fingerprint density at radius 3 is 2.38 bits per heavy atom. The van der Waals surface area contributed by atoms with E-state index in [1.165, 1.54) is 50.7 Å². The normalized spacial score (nSPS) is 10.2. The van der Waals surface area contributed by atoms with Gasteiger partial charge in [0.15, 0.2) is 0 Å². The first-order valence-corrected chi connectivity index (χ1v) is 8.57. The lowest BCUT2D eigenvalue weighted by atomic mass is 10.2.